The summed E-state index contributed by atoms with van der Waals surface area (Å²) in [5, 5.41) is 4.93. The Labute approximate surface area is 93.5 Å². The normalized spacial score (nSPS) is 9.40. The van der Waals surface area contributed by atoms with E-state index >= 15 is 0 Å². The summed E-state index contributed by atoms with van der Waals surface area (Å²) in [7, 11) is 1.54. The fraction of sp³-hybridized carbons (Fsp3) is 0.625. The molecular formula is C8H15N3O3S. The zero-order chi connectivity index (χ0) is 11.7. The van der Waals surface area contributed by atoms with Crippen LogP contribution in [0.5, 0.6) is 0 Å². The molecule has 0 aromatic rings. The Balaban J connectivity index is 3.53. The van der Waals surface area contributed by atoms with E-state index in [9.17, 15) is 9.59 Å². The van der Waals surface area contributed by atoms with Crippen molar-refractivity contribution in [2.45, 2.75) is 6.42 Å². The highest BCUT2D eigenvalue weighted by atomic mass is 32.1. The number of thiocarbonyl (C=S) groups is 1. The molecule has 0 rings (SSSR count). The largest absolute Gasteiger partial charge is 0.393 e. The summed E-state index contributed by atoms with van der Waals surface area (Å²) in [5.74, 6) is -0.632. The van der Waals surface area contributed by atoms with Crippen LogP contribution in [0, 0.1) is 0 Å². The summed E-state index contributed by atoms with van der Waals surface area (Å²) in [5.41, 5.74) is 5.15. The van der Waals surface area contributed by atoms with Crippen molar-refractivity contribution in [3.8, 4) is 0 Å². The van der Waals surface area contributed by atoms with Crippen LogP contribution >= 0.6 is 12.2 Å². The fourth-order valence-corrected chi connectivity index (χ4v) is 0.886. The molecule has 0 bridgehead atoms. The minimum absolute atomic E-state index is 0.0410. The zero-order valence-electron chi connectivity index (χ0n) is 8.54. The maximum atomic E-state index is 11.1. The van der Waals surface area contributed by atoms with E-state index in [0.29, 0.717) is 13.2 Å². The van der Waals surface area contributed by atoms with Gasteiger partial charge in [0, 0.05) is 13.7 Å². The van der Waals surface area contributed by atoms with E-state index in [1.165, 1.54) is 7.11 Å². The Morgan fingerprint density at radius 2 is 2.00 bits per heavy atom. The quantitative estimate of drug-likeness (QED) is 0.369. The molecule has 0 aliphatic heterocycles. The summed E-state index contributed by atoms with van der Waals surface area (Å²) in [6.07, 6.45) is -0.0410. The molecule has 0 aromatic heterocycles. The number of nitrogens with two attached hydrogens (primary N) is 1. The summed E-state index contributed by atoms with van der Waals surface area (Å²) in [4.78, 5) is 22.2. The van der Waals surface area contributed by atoms with E-state index in [-0.39, 0.29) is 29.8 Å². The van der Waals surface area contributed by atoms with E-state index in [2.05, 4.69) is 22.9 Å². The number of rotatable bonds is 7. The first kappa shape index (κ1) is 13.8. The van der Waals surface area contributed by atoms with Crippen molar-refractivity contribution >= 4 is 29.0 Å². The van der Waals surface area contributed by atoms with Crippen LogP contribution in [0.2, 0.25) is 0 Å². The summed E-state index contributed by atoms with van der Waals surface area (Å²) in [6.45, 7) is 0.776. The minimum atomic E-state index is -0.357. The molecule has 0 heterocycles. The molecule has 0 atom stereocenters. The van der Waals surface area contributed by atoms with Crippen molar-refractivity contribution in [3.05, 3.63) is 0 Å². The monoisotopic (exact) mass is 233 g/mol. The van der Waals surface area contributed by atoms with Crippen LogP contribution in [-0.2, 0) is 14.3 Å². The van der Waals surface area contributed by atoms with Gasteiger partial charge in [-0.05, 0) is 0 Å². The lowest BCUT2D eigenvalue weighted by atomic mass is 10.4. The standard InChI is InChI=1S/C8H15N3O3S/c1-14-3-2-10-8(13)5-11-7(12)4-6(9)15/h2-5H2,1H3,(H2,9,15)(H,10,13)(H,11,12). The third kappa shape index (κ3) is 9.10. The first-order valence-corrected chi connectivity index (χ1v) is 4.77. The van der Waals surface area contributed by atoms with Crippen molar-refractivity contribution in [3.63, 3.8) is 0 Å². The number of nitrogens with one attached hydrogen (secondary N) is 2. The molecular weight excluding hydrogens is 218 g/mol. The first-order valence-electron chi connectivity index (χ1n) is 4.37. The van der Waals surface area contributed by atoms with E-state index in [1.54, 1.807) is 0 Å². The third-order valence-electron chi connectivity index (χ3n) is 1.41. The Morgan fingerprint density at radius 1 is 1.33 bits per heavy atom. The molecule has 0 saturated carbocycles. The highest BCUT2D eigenvalue weighted by Crippen LogP contribution is 1.79. The van der Waals surface area contributed by atoms with Gasteiger partial charge in [0.25, 0.3) is 0 Å². The summed E-state index contributed by atoms with van der Waals surface area (Å²) < 4.78 is 4.73. The Kier molecular flexibility index (Phi) is 7.47. The van der Waals surface area contributed by atoms with Crippen molar-refractivity contribution in [2.75, 3.05) is 26.8 Å². The van der Waals surface area contributed by atoms with Crippen molar-refractivity contribution in [2.24, 2.45) is 5.73 Å². The number of carbonyl (C=O) groups is 2. The second kappa shape index (κ2) is 8.13. The van der Waals surface area contributed by atoms with Crippen molar-refractivity contribution < 1.29 is 14.3 Å². The maximum Gasteiger partial charge on any atom is 0.239 e. The molecule has 0 aliphatic rings. The Bertz CT molecular complexity index is 245. The molecule has 0 aromatic carbocycles. The summed E-state index contributed by atoms with van der Waals surface area (Å²) >= 11 is 4.54. The second-order valence-corrected chi connectivity index (χ2v) is 3.29. The molecule has 0 unspecified atom stereocenters. The molecule has 0 aliphatic carbocycles. The van der Waals surface area contributed by atoms with Gasteiger partial charge >= 0.3 is 0 Å². The van der Waals surface area contributed by atoms with Gasteiger partial charge in [-0.3, -0.25) is 9.59 Å². The lowest BCUT2D eigenvalue weighted by molar-refractivity contribution is -0.125. The average molecular weight is 233 g/mol. The Hall–Kier alpha value is -1.21. The number of carbonyl (C=O) groups excluding carboxylic acids is 2. The molecule has 4 N–H and O–H groups in total. The molecule has 0 spiro atoms. The summed E-state index contributed by atoms with van der Waals surface area (Å²) in [6, 6.07) is 0. The predicted octanol–water partition coefficient (Wildman–Crippen LogP) is -1.46. The molecule has 0 fully saturated rings. The molecule has 0 radical (unpaired) electrons. The van der Waals surface area contributed by atoms with Crippen LogP contribution in [0.25, 0.3) is 0 Å². The van der Waals surface area contributed by atoms with Gasteiger partial charge in [0.1, 0.15) is 0 Å². The van der Waals surface area contributed by atoms with E-state index < -0.39 is 0 Å². The fourth-order valence-electron chi connectivity index (χ4n) is 0.755. The average Bonchev–Trinajstić information content (AvgIpc) is 2.14. The van der Waals surface area contributed by atoms with Gasteiger partial charge in [0.2, 0.25) is 11.8 Å². The van der Waals surface area contributed by atoms with Crippen LogP contribution in [0.15, 0.2) is 0 Å². The molecule has 7 heteroatoms. The topological polar surface area (TPSA) is 93.5 Å². The number of methoxy groups -OCH3 is 1. The first-order chi connectivity index (χ1) is 7.06. The van der Waals surface area contributed by atoms with E-state index in [0.717, 1.165) is 0 Å². The highest BCUT2D eigenvalue weighted by molar-refractivity contribution is 7.80. The van der Waals surface area contributed by atoms with E-state index in [4.69, 9.17) is 10.5 Å². The van der Waals surface area contributed by atoms with Gasteiger partial charge in [-0.2, -0.15) is 0 Å². The van der Waals surface area contributed by atoms with Crippen LogP contribution in [0.1, 0.15) is 6.42 Å². The van der Waals surface area contributed by atoms with Crippen LogP contribution < -0.4 is 16.4 Å². The van der Waals surface area contributed by atoms with Crippen LogP contribution in [0.3, 0.4) is 0 Å². The van der Waals surface area contributed by atoms with Gasteiger partial charge in [-0.1, -0.05) is 12.2 Å². The SMILES string of the molecule is COCCNC(=O)CNC(=O)CC(N)=S. The van der Waals surface area contributed by atoms with Gasteiger partial charge in [-0.25, -0.2) is 0 Å². The maximum absolute atomic E-state index is 11.1. The molecule has 6 nitrogen and oxygen atoms in total. The van der Waals surface area contributed by atoms with Crippen molar-refractivity contribution in [1.29, 1.82) is 0 Å². The number of ether oxygens (including phenoxy) is 1. The van der Waals surface area contributed by atoms with Crippen LogP contribution in [-0.4, -0.2) is 43.6 Å². The van der Waals surface area contributed by atoms with E-state index in [1.807, 2.05) is 0 Å². The smallest absolute Gasteiger partial charge is 0.239 e. The lowest BCUT2D eigenvalue weighted by Gasteiger charge is -2.05. The van der Waals surface area contributed by atoms with Gasteiger partial charge in [0.15, 0.2) is 0 Å². The van der Waals surface area contributed by atoms with Gasteiger partial charge in [0.05, 0.1) is 24.6 Å². The second-order valence-electron chi connectivity index (χ2n) is 2.76. The number of hydrogen-bond donors (Lipinski definition) is 3. The Morgan fingerprint density at radius 3 is 2.53 bits per heavy atom. The zero-order valence-corrected chi connectivity index (χ0v) is 9.36. The molecule has 2 amide bonds. The van der Waals surface area contributed by atoms with Crippen LogP contribution in [0.4, 0.5) is 0 Å². The number of hydrogen-bond acceptors (Lipinski definition) is 4. The molecule has 86 valence electrons. The molecule has 0 saturated heterocycles. The molecule has 15 heavy (non-hydrogen) atoms. The number of amides is 2. The predicted molar refractivity (Wildman–Crippen MR) is 59.3 cm³/mol. The third-order valence-corrected chi connectivity index (χ3v) is 1.55. The lowest BCUT2D eigenvalue weighted by Crippen LogP contribution is -2.39. The van der Waals surface area contributed by atoms with Crippen molar-refractivity contribution in [1.82, 2.24) is 10.6 Å². The highest BCUT2D eigenvalue weighted by Gasteiger charge is 2.05. The van der Waals surface area contributed by atoms with Gasteiger partial charge in [-0.15, -0.1) is 0 Å². The minimum Gasteiger partial charge on any atom is -0.393 e. The van der Waals surface area contributed by atoms with Gasteiger partial charge < -0.3 is 21.1 Å².